The average Bonchev–Trinajstić information content (AvgIpc) is 2.84. The van der Waals surface area contributed by atoms with Crippen LogP contribution in [0.5, 0.6) is 0 Å². The molecular weight excluding hydrogens is 226 g/mol. The smallest absolute Gasteiger partial charge is 0.274 e. The molecule has 7 heteroatoms. The first kappa shape index (κ1) is 10.6. The fourth-order valence-corrected chi connectivity index (χ4v) is 1.82. The Balaban J connectivity index is 2.01. The number of carbonyl (C=O) groups is 1. The molecule has 6 nitrogen and oxygen atoms in total. The number of nitrogen functional groups attached to an aromatic ring is 1. The van der Waals surface area contributed by atoms with Crippen molar-refractivity contribution in [3.05, 3.63) is 28.5 Å². The Morgan fingerprint density at radius 1 is 1.69 bits per heavy atom. The Bertz CT molecular complexity index is 490. The maximum Gasteiger partial charge on any atom is 0.274 e. The highest BCUT2D eigenvalue weighted by molar-refractivity contribution is 7.09. The van der Waals surface area contributed by atoms with E-state index in [0.29, 0.717) is 12.2 Å². The molecule has 0 saturated carbocycles. The highest BCUT2D eigenvalue weighted by atomic mass is 32.1. The molecule has 0 bridgehead atoms. The molecule has 0 aliphatic carbocycles. The van der Waals surface area contributed by atoms with Crippen LogP contribution in [-0.2, 0) is 13.6 Å². The molecule has 0 saturated heterocycles. The van der Waals surface area contributed by atoms with Gasteiger partial charge in [0.05, 0.1) is 12.2 Å². The Morgan fingerprint density at radius 2 is 2.50 bits per heavy atom. The van der Waals surface area contributed by atoms with Crippen LogP contribution in [-0.4, -0.2) is 20.7 Å². The van der Waals surface area contributed by atoms with Crippen LogP contribution < -0.4 is 11.1 Å². The van der Waals surface area contributed by atoms with E-state index in [0.717, 1.165) is 5.01 Å². The molecule has 2 rings (SSSR count). The minimum Gasteiger partial charge on any atom is -0.396 e. The number of thiazole rings is 1. The summed E-state index contributed by atoms with van der Waals surface area (Å²) in [4.78, 5) is 15.7. The summed E-state index contributed by atoms with van der Waals surface area (Å²) in [7, 11) is 1.72. The van der Waals surface area contributed by atoms with Crippen LogP contribution in [0.2, 0.25) is 0 Å². The molecule has 0 spiro atoms. The largest absolute Gasteiger partial charge is 0.396 e. The summed E-state index contributed by atoms with van der Waals surface area (Å²) >= 11 is 1.49. The van der Waals surface area contributed by atoms with Gasteiger partial charge in [-0.25, -0.2) is 4.98 Å². The van der Waals surface area contributed by atoms with E-state index in [9.17, 15) is 4.79 Å². The van der Waals surface area contributed by atoms with Gasteiger partial charge in [0, 0.05) is 24.8 Å². The lowest BCUT2D eigenvalue weighted by molar-refractivity contribution is 0.0946. The van der Waals surface area contributed by atoms with E-state index in [4.69, 9.17) is 5.73 Å². The minimum atomic E-state index is -0.284. The zero-order valence-electron chi connectivity index (χ0n) is 8.67. The number of hydrogen-bond acceptors (Lipinski definition) is 5. The van der Waals surface area contributed by atoms with Crippen molar-refractivity contribution < 1.29 is 4.79 Å². The fourth-order valence-electron chi connectivity index (χ4n) is 1.26. The number of anilines is 1. The van der Waals surface area contributed by atoms with Crippen molar-refractivity contribution in [2.75, 3.05) is 5.73 Å². The lowest BCUT2D eigenvalue weighted by atomic mass is 10.3. The van der Waals surface area contributed by atoms with Gasteiger partial charge in [0.15, 0.2) is 5.69 Å². The number of carbonyl (C=O) groups excluding carboxylic acids is 1. The number of nitrogens with two attached hydrogens (primary N) is 1. The maximum absolute atomic E-state index is 11.7. The molecule has 0 aromatic carbocycles. The van der Waals surface area contributed by atoms with Crippen LogP contribution in [0.15, 0.2) is 17.8 Å². The second-order valence-corrected chi connectivity index (χ2v) is 4.19. The molecule has 3 N–H and O–H groups in total. The lowest BCUT2D eigenvalue weighted by Gasteiger charge is -2.00. The van der Waals surface area contributed by atoms with Crippen molar-refractivity contribution in [1.29, 1.82) is 0 Å². The molecule has 0 atom stereocenters. The normalized spacial score (nSPS) is 10.3. The van der Waals surface area contributed by atoms with E-state index >= 15 is 0 Å². The van der Waals surface area contributed by atoms with E-state index < -0.39 is 0 Å². The molecule has 0 radical (unpaired) electrons. The Morgan fingerprint density at radius 3 is 3.06 bits per heavy atom. The number of amides is 1. The summed E-state index contributed by atoms with van der Waals surface area (Å²) in [5.74, 6) is -0.284. The number of aromatic nitrogens is 3. The van der Waals surface area contributed by atoms with Gasteiger partial charge in [-0.1, -0.05) is 0 Å². The van der Waals surface area contributed by atoms with Crippen molar-refractivity contribution in [3.8, 4) is 0 Å². The lowest BCUT2D eigenvalue weighted by Crippen LogP contribution is -2.24. The third kappa shape index (κ3) is 2.19. The van der Waals surface area contributed by atoms with Gasteiger partial charge in [0.25, 0.3) is 5.91 Å². The van der Waals surface area contributed by atoms with Crippen molar-refractivity contribution in [1.82, 2.24) is 20.1 Å². The minimum absolute atomic E-state index is 0.249. The predicted molar refractivity (Wildman–Crippen MR) is 60.9 cm³/mol. The number of nitrogens with one attached hydrogen (secondary N) is 1. The highest BCUT2D eigenvalue weighted by Crippen LogP contribution is 2.08. The van der Waals surface area contributed by atoms with E-state index in [-0.39, 0.29) is 11.6 Å². The molecule has 1 amide bonds. The summed E-state index contributed by atoms with van der Waals surface area (Å²) in [6, 6.07) is 0. The summed E-state index contributed by atoms with van der Waals surface area (Å²) in [6.07, 6.45) is 3.29. The summed E-state index contributed by atoms with van der Waals surface area (Å²) in [5, 5.41) is 9.39. The van der Waals surface area contributed by atoms with Crippen molar-refractivity contribution >= 4 is 22.9 Å². The van der Waals surface area contributed by atoms with Gasteiger partial charge in [-0.2, -0.15) is 5.10 Å². The van der Waals surface area contributed by atoms with Crippen LogP contribution in [0, 0.1) is 0 Å². The van der Waals surface area contributed by atoms with Gasteiger partial charge in [-0.15, -0.1) is 11.3 Å². The number of rotatable bonds is 3. The van der Waals surface area contributed by atoms with Gasteiger partial charge < -0.3 is 11.1 Å². The molecule has 0 unspecified atom stereocenters. The van der Waals surface area contributed by atoms with E-state index in [2.05, 4.69) is 15.4 Å². The zero-order chi connectivity index (χ0) is 11.5. The summed E-state index contributed by atoms with van der Waals surface area (Å²) in [6.45, 7) is 0.395. The quantitative estimate of drug-likeness (QED) is 0.808. The third-order valence-electron chi connectivity index (χ3n) is 1.96. The number of hydrogen-bond donors (Lipinski definition) is 2. The monoisotopic (exact) mass is 237 g/mol. The zero-order valence-corrected chi connectivity index (χ0v) is 9.49. The molecule has 2 heterocycles. The maximum atomic E-state index is 11.7. The van der Waals surface area contributed by atoms with Gasteiger partial charge in [0.1, 0.15) is 5.01 Å². The molecule has 0 fully saturated rings. The number of nitrogens with zero attached hydrogens (tertiary/aromatic N) is 3. The first-order valence-corrected chi connectivity index (χ1v) is 5.50. The van der Waals surface area contributed by atoms with Crippen LogP contribution in [0.1, 0.15) is 15.5 Å². The second-order valence-electron chi connectivity index (χ2n) is 3.22. The topological polar surface area (TPSA) is 85.8 Å². The van der Waals surface area contributed by atoms with Gasteiger partial charge in [-0.05, 0) is 0 Å². The van der Waals surface area contributed by atoms with E-state index in [1.165, 1.54) is 16.0 Å². The fraction of sp³-hybridized carbons (Fsp3) is 0.222. The SMILES string of the molecule is Cn1cc(N)c(C(=O)NCc2nccs2)n1. The van der Waals surface area contributed by atoms with Crippen LogP contribution in [0.4, 0.5) is 5.69 Å². The van der Waals surface area contributed by atoms with Gasteiger partial charge in [0.2, 0.25) is 0 Å². The second kappa shape index (κ2) is 4.31. The molecular formula is C9H11N5OS. The highest BCUT2D eigenvalue weighted by Gasteiger charge is 2.13. The van der Waals surface area contributed by atoms with Crippen LogP contribution in [0.25, 0.3) is 0 Å². The van der Waals surface area contributed by atoms with Gasteiger partial charge in [-0.3, -0.25) is 9.48 Å². The predicted octanol–water partition coefficient (Wildman–Crippen LogP) is 0.389. The van der Waals surface area contributed by atoms with Crippen molar-refractivity contribution in [2.45, 2.75) is 6.54 Å². The molecule has 2 aromatic heterocycles. The van der Waals surface area contributed by atoms with Crippen LogP contribution >= 0.6 is 11.3 Å². The van der Waals surface area contributed by atoms with Crippen molar-refractivity contribution in [2.24, 2.45) is 7.05 Å². The first-order chi connectivity index (χ1) is 7.66. The molecule has 16 heavy (non-hydrogen) atoms. The van der Waals surface area contributed by atoms with Crippen molar-refractivity contribution in [3.63, 3.8) is 0 Å². The Hall–Kier alpha value is -1.89. The molecule has 84 valence electrons. The molecule has 0 aliphatic heterocycles. The summed E-state index contributed by atoms with van der Waals surface area (Å²) < 4.78 is 1.51. The standard InChI is InChI=1S/C9H11N5OS/c1-14-5-6(10)8(13-14)9(15)12-4-7-11-2-3-16-7/h2-3,5H,4,10H2,1H3,(H,12,15). The Labute approximate surface area is 96.1 Å². The molecule has 0 aliphatic rings. The summed E-state index contributed by atoms with van der Waals surface area (Å²) in [5.41, 5.74) is 6.26. The van der Waals surface area contributed by atoms with E-state index in [1.807, 2.05) is 5.38 Å². The van der Waals surface area contributed by atoms with Gasteiger partial charge >= 0.3 is 0 Å². The van der Waals surface area contributed by atoms with E-state index in [1.54, 1.807) is 19.4 Å². The molecule has 2 aromatic rings. The average molecular weight is 237 g/mol. The third-order valence-corrected chi connectivity index (χ3v) is 2.74. The number of aryl methyl sites for hydroxylation is 1. The first-order valence-electron chi connectivity index (χ1n) is 4.62. The Kier molecular flexibility index (Phi) is 2.86. The van der Waals surface area contributed by atoms with Crippen LogP contribution in [0.3, 0.4) is 0 Å².